The van der Waals surface area contributed by atoms with Gasteiger partial charge in [-0.3, -0.25) is 4.79 Å². The van der Waals surface area contributed by atoms with Gasteiger partial charge in [0.1, 0.15) is 0 Å². The van der Waals surface area contributed by atoms with Crippen molar-refractivity contribution in [1.29, 1.82) is 0 Å². The van der Waals surface area contributed by atoms with Crippen molar-refractivity contribution in [3.05, 3.63) is 12.7 Å². The van der Waals surface area contributed by atoms with E-state index in [-0.39, 0.29) is 16.7 Å². The van der Waals surface area contributed by atoms with Gasteiger partial charge < -0.3 is 5.32 Å². The normalized spacial score (nSPS) is 29.7. The number of carbonyl (C=O) groups is 1. The van der Waals surface area contributed by atoms with E-state index in [0.29, 0.717) is 0 Å². The first-order chi connectivity index (χ1) is 6.08. The van der Waals surface area contributed by atoms with Gasteiger partial charge in [0.15, 0.2) is 0 Å². The van der Waals surface area contributed by atoms with E-state index in [1.54, 1.807) is 17.8 Å². The van der Waals surface area contributed by atoms with E-state index >= 15 is 0 Å². The molecule has 2 atom stereocenters. The molecule has 0 aromatic carbocycles. The van der Waals surface area contributed by atoms with Crippen LogP contribution in [0.5, 0.6) is 0 Å². The summed E-state index contributed by atoms with van der Waals surface area (Å²) in [5.74, 6) is 1.26. The summed E-state index contributed by atoms with van der Waals surface area (Å²) in [6.45, 7) is 7.60. The molecular weight excluding hydrogens is 182 g/mol. The molecule has 0 saturated carbocycles. The molecule has 0 bridgehead atoms. The topological polar surface area (TPSA) is 29.1 Å². The number of hydrogen-bond donors (Lipinski definition) is 1. The molecule has 0 radical (unpaired) electrons. The van der Waals surface area contributed by atoms with Crippen LogP contribution in [0.15, 0.2) is 12.7 Å². The Bertz CT molecular complexity index is 209. The molecule has 13 heavy (non-hydrogen) atoms. The second kappa shape index (κ2) is 4.18. The van der Waals surface area contributed by atoms with Crippen LogP contribution in [0.1, 0.15) is 26.7 Å². The molecule has 0 spiro atoms. The Morgan fingerprint density at radius 3 is 2.92 bits per heavy atom. The van der Waals surface area contributed by atoms with Gasteiger partial charge in [-0.2, -0.15) is 0 Å². The first kappa shape index (κ1) is 10.6. The van der Waals surface area contributed by atoms with Crippen molar-refractivity contribution in [2.24, 2.45) is 0 Å². The summed E-state index contributed by atoms with van der Waals surface area (Å²) >= 11 is 1.76. The molecule has 1 aliphatic rings. The fourth-order valence-electron chi connectivity index (χ4n) is 1.38. The third-order valence-electron chi connectivity index (χ3n) is 2.41. The van der Waals surface area contributed by atoms with E-state index < -0.39 is 0 Å². The van der Waals surface area contributed by atoms with Crippen LogP contribution in [0.4, 0.5) is 0 Å². The van der Waals surface area contributed by atoms with Crippen molar-refractivity contribution in [2.45, 2.75) is 37.5 Å². The molecule has 0 aliphatic carbocycles. The van der Waals surface area contributed by atoms with Crippen LogP contribution < -0.4 is 5.32 Å². The zero-order chi connectivity index (χ0) is 9.90. The predicted octanol–water partition coefficient (Wildman–Crippen LogP) is 1.96. The molecule has 1 N–H and O–H groups in total. The minimum Gasteiger partial charge on any atom is -0.349 e. The Labute approximate surface area is 84.2 Å². The van der Waals surface area contributed by atoms with Crippen LogP contribution in [0.3, 0.4) is 0 Å². The fraction of sp³-hybridized carbons (Fsp3) is 0.700. The lowest BCUT2D eigenvalue weighted by molar-refractivity contribution is -0.123. The number of amides is 1. The second-order valence-electron chi connectivity index (χ2n) is 3.68. The Hall–Kier alpha value is -0.440. The SMILES string of the molecule is C=CC(C)NC(=O)C1(C)CCCS1. The lowest BCUT2D eigenvalue weighted by Gasteiger charge is -2.23. The number of rotatable bonds is 3. The van der Waals surface area contributed by atoms with Crippen LogP contribution in [0.2, 0.25) is 0 Å². The standard InChI is InChI=1S/C10H17NOS/c1-4-8(2)11-9(12)10(3)6-5-7-13-10/h4,8H,1,5-7H2,2-3H3,(H,11,12). The van der Waals surface area contributed by atoms with Gasteiger partial charge in [-0.15, -0.1) is 18.3 Å². The summed E-state index contributed by atoms with van der Waals surface area (Å²) in [4.78, 5) is 11.8. The molecule has 1 heterocycles. The van der Waals surface area contributed by atoms with Crippen molar-refractivity contribution >= 4 is 17.7 Å². The molecule has 2 nitrogen and oxygen atoms in total. The van der Waals surface area contributed by atoms with Crippen molar-refractivity contribution in [3.8, 4) is 0 Å². The van der Waals surface area contributed by atoms with Gasteiger partial charge in [0.05, 0.1) is 4.75 Å². The maximum Gasteiger partial charge on any atom is 0.236 e. The molecular formula is C10H17NOS. The lowest BCUT2D eigenvalue weighted by Crippen LogP contribution is -2.43. The van der Waals surface area contributed by atoms with Gasteiger partial charge in [0.25, 0.3) is 0 Å². The molecule has 3 heteroatoms. The Kier molecular flexibility index (Phi) is 3.42. The summed E-state index contributed by atoms with van der Waals surface area (Å²) in [7, 11) is 0. The molecule has 1 aliphatic heterocycles. The average Bonchev–Trinajstić information content (AvgIpc) is 2.53. The van der Waals surface area contributed by atoms with Crippen LogP contribution in [0, 0.1) is 0 Å². The van der Waals surface area contributed by atoms with Gasteiger partial charge in [-0.05, 0) is 32.4 Å². The summed E-state index contributed by atoms with van der Waals surface area (Å²) in [5, 5.41) is 2.93. The summed E-state index contributed by atoms with van der Waals surface area (Å²) in [6, 6.07) is 0.0746. The highest BCUT2D eigenvalue weighted by molar-refractivity contribution is 8.01. The van der Waals surface area contributed by atoms with Crippen LogP contribution >= 0.6 is 11.8 Å². The molecule has 0 aromatic heterocycles. The van der Waals surface area contributed by atoms with Gasteiger partial charge >= 0.3 is 0 Å². The lowest BCUT2D eigenvalue weighted by atomic mass is 10.0. The van der Waals surface area contributed by atoms with Crippen LogP contribution in [-0.2, 0) is 4.79 Å². The average molecular weight is 199 g/mol. The molecule has 1 saturated heterocycles. The highest BCUT2D eigenvalue weighted by Crippen LogP contribution is 2.37. The first-order valence-corrected chi connectivity index (χ1v) is 5.64. The van der Waals surface area contributed by atoms with Gasteiger partial charge in [-0.1, -0.05) is 6.08 Å². The molecule has 2 unspecified atom stereocenters. The summed E-state index contributed by atoms with van der Waals surface area (Å²) < 4.78 is -0.197. The minimum absolute atomic E-state index is 0.0746. The molecule has 1 amide bonds. The van der Waals surface area contributed by atoms with Gasteiger partial charge in [0.2, 0.25) is 5.91 Å². The van der Waals surface area contributed by atoms with E-state index in [2.05, 4.69) is 11.9 Å². The third-order valence-corrected chi connectivity index (χ3v) is 3.93. The highest BCUT2D eigenvalue weighted by Gasteiger charge is 2.37. The maximum absolute atomic E-state index is 11.8. The van der Waals surface area contributed by atoms with E-state index in [1.165, 1.54) is 0 Å². The summed E-state index contributed by atoms with van der Waals surface area (Å²) in [6.07, 6.45) is 3.89. The van der Waals surface area contributed by atoms with Gasteiger partial charge in [0, 0.05) is 6.04 Å². The highest BCUT2D eigenvalue weighted by atomic mass is 32.2. The minimum atomic E-state index is -0.197. The predicted molar refractivity (Wildman–Crippen MR) is 57.9 cm³/mol. The number of hydrogen-bond acceptors (Lipinski definition) is 2. The Balaban J connectivity index is 2.51. The maximum atomic E-state index is 11.8. The number of thioether (sulfide) groups is 1. The van der Waals surface area contributed by atoms with Crippen molar-refractivity contribution < 1.29 is 4.79 Å². The molecule has 0 aromatic rings. The van der Waals surface area contributed by atoms with Gasteiger partial charge in [-0.25, -0.2) is 0 Å². The van der Waals surface area contributed by atoms with Crippen molar-refractivity contribution in [2.75, 3.05) is 5.75 Å². The summed E-state index contributed by atoms with van der Waals surface area (Å²) in [5.41, 5.74) is 0. The Morgan fingerprint density at radius 1 is 1.77 bits per heavy atom. The molecule has 1 rings (SSSR count). The fourth-order valence-corrected chi connectivity index (χ4v) is 2.59. The van der Waals surface area contributed by atoms with Crippen molar-refractivity contribution in [3.63, 3.8) is 0 Å². The van der Waals surface area contributed by atoms with E-state index in [4.69, 9.17) is 0 Å². The van der Waals surface area contributed by atoms with Crippen LogP contribution in [-0.4, -0.2) is 22.4 Å². The quantitative estimate of drug-likeness (QED) is 0.704. The zero-order valence-electron chi connectivity index (χ0n) is 8.30. The Morgan fingerprint density at radius 2 is 2.46 bits per heavy atom. The smallest absolute Gasteiger partial charge is 0.236 e. The van der Waals surface area contributed by atoms with Crippen molar-refractivity contribution in [1.82, 2.24) is 5.32 Å². The third kappa shape index (κ3) is 2.50. The van der Waals surface area contributed by atoms with E-state index in [1.807, 2.05) is 13.8 Å². The number of carbonyl (C=O) groups excluding carboxylic acids is 1. The monoisotopic (exact) mass is 199 g/mol. The first-order valence-electron chi connectivity index (χ1n) is 4.66. The number of nitrogens with one attached hydrogen (secondary N) is 1. The second-order valence-corrected chi connectivity index (χ2v) is 5.28. The van der Waals surface area contributed by atoms with Crippen LogP contribution in [0.25, 0.3) is 0 Å². The molecule has 1 fully saturated rings. The molecule has 74 valence electrons. The largest absolute Gasteiger partial charge is 0.349 e. The van der Waals surface area contributed by atoms with E-state index in [9.17, 15) is 4.79 Å². The zero-order valence-corrected chi connectivity index (χ0v) is 9.12. The van der Waals surface area contributed by atoms with E-state index in [0.717, 1.165) is 18.6 Å².